The lowest BCUT2D eigenvalue weighted by Crippen LogP contribution is -2.17. The van der Waals surface area contributed by atoms with E-state index in [4.69, 9.17) is 14.6 Å². The lowest BCUT2D eigenvalue weighted by Gasteiger charge is -2.27. The molecule has 1 unspecified atom stereocenters. The van der Waals surface area contributed by atoms with Gasteiger partial charge in [0, 0.05) is 5.56 Å². The minimum absolute atomic E-state index is 0.351. The van der Waals surface area contributed by atoms with Crippen molar-refractivity contribution in [1.82, 2.24) is 0 Å². The van der Waals surface area contributed by atoms with Crippen molar-refractivity contribution in [3.63, 3.8) is 0 Å². The monoisotopic (exact) mass is 422 g/mol. The third-order valence-corrected chi connectivity index (χ3v) is 5.54. The summed E-state index contributed by atoms with van der Waals surface area (Å²) in [5.41, 5.74) is 3.49. The third kappa shape index (κ3) is 4.54. The van der Waals surface area contributed by atoms with Gasteiger partial charge in [0.25, 0.3) is 0 Å². The van der Waals surface area contributed by atoms with E-state index in [1.165, 1.54) is 6.07 Å². The Morgan fingerprint density at radius 1 is 1.16 bits per heavy atom. The molecule has 3 aromatic rings. The van der Waals surface area contributed by atoms with E-state index in [0.29, 0.717) is 35.5 Å². The van der Waals surface area contributed by atoms with E-state index in [9.17, 15) is 9.90 Å². The summed E-state index contributed by atoms with van der Waals surface area (Å²) in [6, 6.07) is 17.7. The molecule has 0 fully saturated rings. The quantitative estimate of drug-likeness (QED) is 0.580. The van der Waals surface area contributed by atoms with Gasteiger partial charge in [-0.1, -0.05) is 36.4 Å². The number of aliphatic carboxylic acids is 1. The molecule has 0 bridgehead atoms. The van der Waals surface area contributed by atoms with Crippen molar-refractivity contribution in [2.75, 3.05) is 7.11 Å². The lowest BCUT2D eigenvalue weighted by atomic mass is 9.94. The number of hydrogen-bond acceptors (Lipinski definition) is 4. The van der Waals surface area contributed by atoms with Crippen molar-refractivity contribution in [1.29, 1.82) is 0 Å². The van der Waals surface area contributed by atoms with Crippen LogP contribution in [0.5, 0.6) is 11.5 Å². The number of aryl methyl sites for hydroxylation is 1. The molecule has 0 amide bonds. The molecule has 1 aliphatic heterocycles. The van der Waals surface area contributed by atoms with Crippen LogP contribution in [0.3, 0.4) is 0 Å². The average Bonchev–Trinajstić information content (AvgIpc) is 2.78. The van der Waals surface area contributed by atoms with Crippen molar-refractivity contribution >= 4 is 5.97 Å². The van der Waals surface area contributed by atoms with Crippen LogP contribution in [0.4, 0.5) is 4.39 Å². The zero-order valence-corrected chi connectivity index (χ0v) is 17.0. The minimum atomic E-state index is -1.12. The first kappa shape index (κ1) is 20.9. The normalized spacial score (nSPS) is 16.2. The highest BCUT2D eigenvalue weighted by atomic mass is 19.1. The van der Waals surface area contributed by atoms with Crippen LogP contribution in [0, 0.1) is 5.82 Å². The number of ether oxygens (including phenoxy) is 2. The number of carbonyl (C=O) groups is 1. The van der Waals surface area contributed by atoms with Crippen LogP contribution in [-0.2, 0) is 11.2 Å². The van der Waals surface area contributed by atoms with Gasteiger partial charge in [-0.15, -0.1) is 0 Å². The molecular weight excluding hydrogens is 399 g/mol. The van der Waals surface area contributed by atoms with E-state index in [2.05, 4.69) is 0 Å². The molecule has 5 nitrogen and oxygen atoms in total. The maximum absolute atomic E-state index is 15.0. The first-order valence-corrected chi connectivity index (χ1v) is 10.1. The molecule has 0 saturated carbocycles. The molecule has 2 N–H and O–H groups in total. The van der Waals surface area contributed by atoms with Crippen LogP contribution in [0.15, 0.2) is 60.7 Å². The maximum Gasteiger partial charge on any atom is 0.306 e. The van der Waals surface area contributed by atoms with E-state index in [1.54, 1.807) is 25.3 Å². The van der Waals surface area contributed by atoms with Gasteiger partial charge in [0.15, 0.2) is 0 Å². The second kappa shape index (κ2) is 8.78. The topological polar surface area (TPSA) is 76.0 Å². The van der Waals surface area contributed by atoms with Crippen molar-refractivity contribution in [3.05, 3.63) is 83.2 Å². The summed E-state index contributed by atoms with van der Waals surface area (Å²) < 4.78 is 26.3. The number of methoxy groups -OCH3 is 1. The highest BCUT2D eigenvalue weighted by molar-refractivity contribution is 5.68. The molecule has 0 aromatic heterocycles. The number of rotatable bonds is 6. The number of hydrogen-bond donors (Lipinski definition) is 2. The fraction of sp³-hybridized carbons (Fsp3) is 0.240. The van der Waals surface area contributed by atoms with Gasteiger partial charge in [0.2, 0.25) is 0 Å². The van der Waals surface area contributed by atoms with Crippen molar-refractivity contribution in [3.8, 4) is 22.6 Å². The molecule has 0 saturated heterocycles. The van der Waals surface area contributed by atoms with Crippen molar-refractivity contribution < 1.29 is 28.9 Å². The van der Waals surface area contributed by atoms with Crippen LogP contribution in [-0.4, -0.2) is 23.3 Å². The smallest absolute Gasteiger partial charge is 0.306 e. The number of benzene rings is 3. The van der Waals surface area contributed by atoms with E-state index in [0.717, 1.165) is 16.7 Å². The fourth-order valence-corrected chi connectivity index (χ4v) is 3.87. The van der Waals surface area contributed by atoms with Gasteiger partial charge in [-0.2, -0.15) is 0 Å². The maximum atomic E-state index is 15.0. The predicted molar refractivity (Wildman–Crippen MR) is 114 cm³/mol. The van der Waals surface area contributed by atoms with Gasteiger partial charge in [0.1, 0.15) is 23.4 Å². The number of aliphatic hydroxyl groups is 1. The van der Waals surface area contributed by atoms with E-state index in [1.807, 2.05) is 36.4 Å². The second-order valence-electron chi connectivity index (χ2n) is 7.59. The van der Waals surface area contributed by atoms with Gasteiger partial charge in [-0.25, -0.2) is 4.39 Å². The average molecular weight is 422 g/mol. The first-order valence-electron chi connectivity index (χ1n) is 10.1. The first-order chi connectivity index (χ1) is 14.9. The molecule has 31 heavy (non-hydrogen) atoms. The summed E-state index contributed by atoms with van der Waals surface area (Å²) in [6.07, 6.45) is -0.640. The number of carboxylic acids is 1. The lowest BCUT2D eigenvalue weighted by molar-refractivity contribution is -0.139. The van der Waals surface area contributed by atoms with Gasteiger partial charge in [0.05, 0.1) is 19.6 Å². The molecule has 1 aliphatic rings. The molecule has 3 aromatic carbocycles. The molecule has 160 valence electrons. The molecule has 6 heteroatoms. The molecule has 0 aliphatic carbocycles. The standard InChI is InChI=1S/C25H23FO5/c1-30-19-4-2-3-16(11-19)17-7-9-20(21(26)12-17)23-10-8-15-5-6-18(13-24(15)31-23)22(27)14-25(28)29/h2-7,9,11-13,22-23,27H,8,10,14H2,1H3,(H,28,29)/t22-,23?/m1/s1. The van der Waals surface area contributed by atoms with Crippen molar-refractivity contribution in [2.24, 2.45) is 0 Å². The second-order valence-corrected chi connectivity index (χ2v) is 7.59. The molecule has 1 heterocycles. The SMILES string of the molecule is COc1cccc(-c2ccc(C3CCc4ccc([C@H](O)CC(=O)O)cc4O3)c(F)c2)c1. The number of fused-ring (bicyclic) bond motifs is 1. The largest absolute Gasteiger partial charge is 0.497 e. The van der Waals surface area contributed by atoms with Gasteiger partial charge < -0.3 is 19.7 Å². The zero-order chi connectivity index (χ0) is 22.0. The number of halogens is 1. The predicted octanol–water partition coefficient (Wildman–Crippen LogP) is 5.08. The van der Waals surface area contributed by atoms with Crippen LogP contribution in [0.1, 0.15) is 41.7 Å². The minimum Gasteiger partial charge on any atom is -0.497 e. The summed E-state index contributed by atoms with van der Waals surface area (Å²) in [5, 5.41) is 19.0. The fourth-order valence-electron chi connectivity index (χ4n) is 3.87. The van der Waals surface area contributed by atoms with Crippen molar-refractivity contribution in [2.45, 2.75) is 31.5 Å². The Hall–Kier alpha value is -3.38. The third-order valence-electron chi connectivity index (χ3n) is 5.54. The molecule has 4 rings (SSSR count). The molecule has 0 radical (unpaired) electrons. The summed E-state index contributed by atoms with van der Waals surface area (Å²) in [6.45, 7) is 0. The summed E-state index contributed by atoms with van der Waals surface area (Å²) >= 11 is 0. The molecular formula is C25H23FO5. The Bertz CT molecular complexity index is 1110. The Kier molecular flexibility index (Phi) is 5.91. The van der Waals surface area contributed by atoms with Crippen LogP contribution in [0.25, 0.3) is 11.1 Å². The Balaban J connectivity index is 1.57. The highest BCUT2D eigenvalue weighted by Gasteiger charge is 2.25. The number of aliphatic hydroxyl groups excluding tert-OH is 1. The van der Waals surface area contributed by atoms with Gasteiger partial charge in [-0.3, -0.25) is 4.79 Å². The Morgan fingerprint density at radius 2 is 1.97 bits per heavy atom. The van der Waals surface area contributed by atoms with E-state index >= 15 is 4.39 Å². The zero-order valence-electron chi connectivity index (χ0n) is 17.0. The molecule has 2 atom stereocenters. The van der Waals surface area contributed by atoms with Crippen LogP contribution >= 0.6 is 0 Å². The van der Waals surface area contributed by atoms with E-state index < -0.39 is 18.2 Å². The van der Waals surface area contributed by atoms with Gasteiger partial charge >= 0.3 is 5.97 Å². The Labute approximate surface area is 179 Å². The van der Waals surface area contributed by atoms with Gasteiger partial charge in [-0.05, 0) is 59.4 Å². The summed E-state index contributed by atoms with van der Waals surface area (Å²) in [7, 11) is 1.59. The van der Waals surface area contributed by atoms with Crippen LogP contribution in [0.2, 0.25) is 0 Å². The van der Waals surface area contributed by atoms with Crippen LogP contribution < -0.4 is 9.47 Å². The Morgan fingerprint density at radius 3 is 2.71 bits per heavy atom. The summed E-state index contributed by atoms with van der Waals surface area (Å²) in [4.78, 5) is 10.9. The molecule has 0 spiro atoms. The number of carboxylic acid groups (broad SMARTS) is 1. The highest BCUT2D eigenvalue weighted by Crippen LogP contribution is 2.38. The summed E-state index contributed by atoms with van der Waals surface area (Å²) in [5.74, 6) is -0.178. The van der Waals surface area contributed by atoms with E-state index in [-0.39, 0.29) is 12.2 Å².